The van der Waals surface area contributed by atoms with E-state index in [1.54, 1.807) is 10.4 Å². The largest absolute Gasteiger partial charge is 0.322 e. The van der Waals surface area contributed by atoms with Crippen LogP contribution in [-0.4, -0.2) is 51.8 Å². The second-order valence-electron chi connectivity index (χ2n) is 10.8. The van der Waals surface area contributed by atoms with E-state index in [4.69, 9.17) is 0 Å². The maximum Gasteiger partial charge on any atom is 0.118 e. The Balaban J connectivity index is 0.000000278. The molecule has 0 atom stereocenters. The second-order valence-corrected chi connectivity index (χ2v) is 19.3. The monoisotopic (exact) mass is 650 g/mol. The van der Waals surface area contributed by atoms with E-state index in [0.29, 0.717) is 0 Å². The number of hydrogen-bond donors (Lipinski definition) is 0. The molecule has 5 heteroatoms. The van der Waals surface area contributed by atoms with Crippen LogP contribution in [0.5, 0.6) is 0 Å². The van der Waals surface area contributed by atoms with Crippen molar-refractivity contribution in [3.05, 3.63) is 45.8 Å². The predicted molar refractivity (Wildman–Crippen MR) is 147 cm³/mol. The summed E-state index contributed by atoms with van der Waals surface area (Å²) in [6.45, 7) is 24.0. The summed E-state index contributed by atoms with van der Waals surface area (Å²) < 4.78 is 5.47. The third kappa shape index (κ3) is 8.37. The number of rotatable bonds is 5. The first kappa shape index (κ1) is 31.2. The zero-order chi connectivity index (χ0) is 23.8. The molecule has 0 spiro atoms. The molecular weight excluding hydrogens is 599 g/mol. The van der Waals surface area contributed by atoms with Crippen LogP contribution in [0.4, 0.5) is 0 Å². The van der Waals surface area contributed by atoms with Gasteiger partial charge in [-0.25, -0.2) is 21.5 Å². The Morgan fingerprint density at radius 2 is 0.970 bits per heavy atom. The summed E-state index contributed by atoms with van der Waals surface area (Å²) in [6.07, 6.45) is 22.1. The maximum absolute atomic E-state index is 3.57. The van der Waals surface area contributed by atoms with Gasteiger partial charge in [0, 0.05) is 25.8 Å². The van der Waals surface area contributed by atoms with Gasteiger partial charge < -0.3 is 9.13 Å². The first-order valence-electron chi connectivity index (χ1n) is 13.2. The summed E-state index contributed by atoms with van der Waals surface area (Å²) in [7, 11) is -2.66. The van der Waals surface area contributed by atoms with Crippen molar-refractivity contribution in [2.45, 2.75) is 105 Å². The number of unbranched alkanes of at least 4 members (excludes halogenated alkanes) is 1. The number of allylic oxidation sites excluding steroid dienone is 8. The van der Waals surface area contributed by atoms with E-state index in [0.717, 1.165) is 12.8 Å². The van der Waals surface area contributed by atoms with Crippen LogP contribution in [0.1, 0.15) is 79.1 Å². The summed E-state index contributed by atoms with van der Waals surface area (Å²) in [5.41, 5.74) is 2.99. The van der Waals surface area contributed by atoms with Crippen LogP contribution in [0, 0.1) is 12.2 Å². The minimum absolute atomic E-state index is 0. The average Bonchev–Trinajstić information content (AvgIpc) is 3.56. The fourth-order valence-corrected chi connectivity index (χ4v) is 12.1. The van der Waals surface area contributed by atoms with Crippen molar-refractivity contribution in [2.75, 3.05) is 26.2 Å². The van der Waals surface area contributed by atoms with Crippen LogP contribution < -0.4 is 0 Å². The second kappa shape index (κ2) is 14.7. The first-order chi connectivity index (χ1) is 15.2. The third-order valence-corrected chi connectivity index (χ3v) is 15.3. The van der Waals surface area contributed by atoms with Gasteiger partial charge in [0.1, 0.15) is 16.5 Å². The first-order valence-corrected chi connectivity index (χ1v) is 19.1. The summed E-state index contributed by atoms with van der Waals surface area (Å²) in [4.78, 5) is 0. The van der Waals surface area contributed by atoms with Crippen LogP contribution in [0.25, 0.3) is 0 Å². The van der Waals surface area contributed by atoms with Crippen molar-refractivity contribution < 1.29 is 25.8 Å². The third-order valence-electron chi connectivity index (χ3n) is 7.68. The minimum Gasteiger partial charge on any atom is -0.322 e. The van der Waals surface area contributed by atoms with Gasteiger partial charge in [-0.1, -0.05) is 52.9 Å². The van der Waals surface area contributed by atoms with E-state index in [1.807, 2.05) is 0 Å². The zero-order valence-corrected chi connectivity index (χ0v) is 28.6. The molecule has 2 aliphatic heterocycles. The molecule has 2 fully saturated rings. The molecular formula is C28H50HfN2Si2-2. The van der Waals surface area contributed by atoms with E-state index in [1.165, 1.54) is 75.9 Å². The molecule has 2 heterocycles. The smallest absolute Gasteiger partial charge is 0.118 e. The number of hydrogen-bond acceptors (Lipinski definition) is 2. The van der Waals surface area contributed by atoms with Gasteiger partial charge in [-0.3, -0.25) is 12.2 Å². The van der Waals surface area contributed by atoms with E-state index in [-0.39, 0.29) is 25.8 Å². The SMILES string of the molecule is CC1=CC[C-]=C1[Si](C)(C)N1CCCC1.CC1=CC[C-]=C1[Si](C)(C)N1CCCC1.CCCC.[Hf]. The molecule has 4 rings (SSSR count). The molecule has 0 radical (unpaired) electrons. The summed E-state index contributed by atoms with van der Waals surface area (Å²) in [5.74, 6) is 0. The van der Waals surface area contributed by atoms with Gasteiger partial charge in [-0.2, -0.15) is 12.2 Å². The van der Waals surface area contributed by atoms with Crippen molar-refractivity contribution in [1.29, 1.82) is 0 Å². The summed E-state index contributed by atoms with van der Waals surface area (Å²) >= 11 is 0. The van der Waals surface area contributed by atoms with Crippen LogP contribution in [0.2, 0.25) is 26.2 Å². The topological polar surface area (TPSA) is 6.48 Å². The van der Waals surface area contributed by atoms with E-state index >= 15 is 0 Å². The number of nitrogens with zero attached hydrogens (tertiary/aromatic N) is 2. The predicted octanol–water partition coefficient (Wildman–Crippen LogP) is 7.62. The van der Waals surface area contributed by atoms with Gasteiger partial charge in [0.15, 0.2) is 0 Å². The van der Waals surface area contributed by atoms with Gasteiger partial charge in [-0.05, 0) is 51.9 Å². The minimum atomic E-state index is -1.33. The van der Waals surface area contributed by atoms with E-state index < -0.39 is 16.5 Å². The molecule has 0 saturated carbocycles. The Labute approximate surface area is 227 Å². The fourth-order valence-electron chi connectivity index (χ4n) is 5.36. The molecule has 0 amide bonds. The van der Waals surface area contributed by atoms with Gasteiger partial charge in [0.25, 0.3) is 0 Å². The van der Waals surface area contributed by atoms with Gasteiger partial charge in [-0.15, -0.1) is 26.7 Å². The molecule has 4 aliphatic rings. The molecule has 33 heavy (non-hydrogen) atoms. The molecule has 2 nitrogen and oxygen atoms in total. The molecule has 0 bridgehead atoms. The Hall–Kier alpha value is 0.184. The molecule has 2 aliphatic carbocycles. The van der Waals surface area contributed by atoms with Crippen molar-refractivity contribution in [3.63, 3.8) is 0 Å². The van der Waals surface area contributed by atoms with Gasteiger partial charge in [0.2, 0.25) is 0 Å². The van der Waals surface area contributed by atoms with Crippen molar-refractivity contribution >= 4 is 16.5 Å². The summed E-state index contributed by atoms with van der Waals surface area (Å²) in [5, 5.41) is 3.14. The molecule has 186 valence electrons. The zero-order valence-electron chi connectivity index (χ0n) is 23.0. The Kier molecular flexibility index (Phi) is 13.9. The average molecular weight is 649 g/mol. The van der Waals surface area contributed by atoms with E-state index in [2.05, 4.69) is 87.3 Å². The molecule has 2 saturated heterocycles. The van der Waals surface area contributed by atoms with Crippen LogP contribution in [-0.2, 0) is 25.8 Å². The fraction of sp³-hybridized carbons (Fsp3) is 0.714. The molecule has 0 aromatic rings. The molecule has 0 aromatic carbocycles. The maximum atomic E-state index is 3.57. The van der Waals surface area contributed by atoms with Gasteiger partial charge >= 0.3 is 0 Å². The van der Waals surface area contributed by atoms with Gasteiger partial charge in [0.05, 0.1) is 0 Å². The van der Waals surface area contributed by atoms with Crippen molar-refractivity contribution in [1.82, 2.24) is 9.13 Å². The Morgan fingerprint density at radius 3 is 1.18 bits per heavy atom. The standard InChI is InChI=1S/2C12H20NSi.C4H10.Hf/c2*1-11-7-6-8-12(11)14(2,3)13-9-4-5-10-13;1-3-4-2;/h2*7H,4-6,9-10H2,1-3H3;3-4H2,1-2H3;/q2*-1;;. The quantitative estimate of drug-likeness (QED) is 0.224. The van der Waals surface area contributed by atoms with E-state index in [9.17, 15) is 0 Å². The molecule has 0 aromatic heterocycles. The normalized spacial score (nSPS) is 21.2. The molecule has 0 N–H and O–H groups in total. The van der Waals surface area contributed by atoms with Crippen LogP contribution >= 0.6 is 0 Å². The van der Waals surface area contributed by atoms with Crippen LogP contribution in [0.3, 0.4) is 0 Å². The molecule has 0 unspecified atom stereocenters. The Morgan fingerprint density at radius 1 is 0.667 bits per heavy atom. The Bertz CT molecular complexity index is 660. The van der Waals surface area contributed by atoms with Crippen molar-refractivity contribution in [3.8, 4) is 0 Å². The summed E-state index contributed by atoms with van der Waals surface area (Å²) in [6, 6.07) is 0. The van der Waals surface area contributed by atoms with Crippen LogP contribution in [0.15, 0.2) is 33.7 Å². The van der Waals surface area contributed by atoms with Crippen molar-refractivity contribution in [2.24, 2.45) is 0 Å².